The second-order valence-corrected chi connectivity index (χ2v) is 4.80. The van der Waals surface area contributed by atoms with Crippen molar-refractivity contribution in [2.75, 3.05) is 26.1 Å². The molecule has 1 saturated heterocycles. The van der Waals surface area contributed by atoms with Crippen LogP contribution in [0.3, 0.4) is 0 Å². The van der Waals surface area contributed by atoms with Gasteiger partial charge in [-0.15, -0.1) is 11.6 Å². The van der Waals surface area contributed by atoms with E-state index in [2.05, 4.69) is 6.07 Å². The first kappa shape index (κ1) is 13.2. The zero-order valence-corrected chi connectivity index (χ0v) is 11.3. The molecule has 0 unspecified atom stereocenters. The first-order valence-electron chi connectivity index (χ1n) is 6.23. The molecule has 98 valence electrons. The molecule has 1 fully saturated rings. The summed E-state index contributed by atoms with van der Waals surface area (Å²) in [5.41, 5.74) is 1.25. The van der Waals surface area contributed by atoms with Crippen molar-refractivity contribution in [3.8, 4) is 5.75 Å². The first-order valence-corrected chi connectivity index (χ1v) is 6.76. The number of halogens is 1. The fourth-order valence-corrected chi connectivity index (χ4v) is 2.70. The van der Waals surface area contributed by atoms with E-state index in [1.807, 2.05) is 23.1 Å². The van der Waals surface area contributed by atoms with Gasteiger partial charge in [-0.2, -0.15) is 0 Å². The molecule has 0 saturated carbocycles. The molecular weight excluding hydrogens is 250 g/mol. The summed E-state index contributed by atoms with van der Waals surface area (Å²) in [6.45, 7) is 1.57. The van der Waals surface area contributed by atoms with Gasteiger partial charge >= 0.3 is 0 Å². The quantitative estimate of drug-likeness (QED) is 0.788. The number of amides is 1. The van der Waals surface area contributed by atoms with Crippen LogP contribution in [-0.2, 0) is 4.79 Å². The lowest BCUT2D eigenvalue weighted by molar-refractivity contribution is -0.129. The Bertz CT molecular complexity index is 414. The summed E-state index contributed by atoms with van der Waals surface area (Å²) in [7, 11) is 1.70. The number of methoxy groups -OCH3 is 1. The number of benzene rings is 1. The van der Waals surface area contributed by atoms with E-state index >= 15 is 0 Å². The molecule has 1 amide bonds. The Morgan fingerprint density at radius 1 is 1.39 bits per heavy atom. The summed E-state index contributed by atoms with van der Waals surface area (Å²) < 4.78 is 5.39. The summed E-state index contributed by atoms with van der Waals surface area (Å²) in [4.78, 5) is 13.3. The second kappa shape index (κ2) is 6.10. The molecule has 3 nitrogen and oxygen atoms in total. The maximum atomic E-state index is 11.5. The number of nitrogens with zero attached hydrogens (tertiary/aromatic N) is 1. The predicted molar refractivity (Wildman–Crippen MR) is 72.3 cm³/mol. The van der Waals surface area contributed by atoms with E-state index in [0.29, 0.717) is 5.92 Å². The number of alkyl halides is 1. The predicted octanol–water partition coefficient (Wildman–Crippen LogP) is 2.64. The topological polar surface area (TPSA) is 29.5 Å². The van der Waals surface area contributed by atoms with Gasteiger partial charge in [0.1, 0.15) is 11.6 Å². The van der Waals surface area contributed by atoms with E-state index in [1.165, 1.54) is 5.56 Å². The summed E-state index contributed by atoms with van der Waals surface area (Å²) in [6, 6.07) is 8.12. The van der Waals surface area contributed by atoms with Gasteiger partial charge in [-0.25, -0.2) is 0 Å². The maximum absolute atomic E-state index is 11.5. The van der Waals surface area contributed by atoms with Gasteiger partial charge in [-0.3, -0.25) is 4.79 Å². The van der Waals surface area contributed by atoms with Crippen molar-refractivity contribution in [3.05, 3.63) is 29.8 Å². The van der Waals surface area contributed by atoms with Crippen LogP contribution in [0.1, 0.15) is 24.3 Å². The third-order valence-electron chi connectivity index (χ3n) is 3.54. The molecule has 1 aromatic rings. The minimum absolute atomic E-state index is 0.0372. The van der Waals surface area contributed by atoms with Gasteiger partial charge in [0.15, 0.2) is 0 Å². The third-order valence-corrected chi connectivity index (χ3v) is 3.77. The molecule has 2 rings (SSSR count). The summed E-state index contributed by atoms with van der Waals surface area (Å²) in [5, 5.41) is 0. The Morgan fingerprint density at radius 2 is 2.06 bits per heavy atom. The molecule has 0 atom stereocenters. The molecule has 1 heterocycles. The third kappa shape index (κ3) is 2.78. The second-order valence-electron chi connectivity index (χ2n) is 4.53. The van der Waals surface area contributed by atoms with Gasteiger partial charge in [0, 0.05) is 13.1 Å². The summed E-state index contributed by atoms with van der Waals surface area (Å²) in [6.07, 6.45) is 1.95. The zero-order chi connectivity index (χ0) is 13.0. The molecular formula is C14H18ClNO2. The molecule has 0 radical (unpaired) electrons. The Balaban J connectivity index is 2.03. The number of carbonyl (C=O) groups is 1. The largest absolute Gasteiger partial charge is 0.496 e. The van der Waals surface area contributed by atoms with Crippen LogP contribution in [0.25, 0.3) is 0 Å². The normalized spacial score (nSPS) is 16.7. The monoisotopic (exact) mass is 267 g/mol. The lowest BCUT2D eigenvalue weighted by atomic mass is 9.89. The molecule has 4 heteroatoms. The van der Waals surface area contributed by atoms with Crippen molar-refractivity contribution in [1.82, 2.24) is 4.90 Å². The lowest BCUT2D eigenvalue weighted by Gasteiger charge is -2.32. The molecule has 1 aromatic carbocycles. The van der Waals surface area contributed by atoms with Crippen LogP contribution < -0.4 is 4.74 Å². The van der Waals surface area contributed by atoms with Gasteiger partial charge in [-0.05, 0) is 30.4 Å². The number of ether oxygens (including phenoxy) is 1. The molecule has 0 N–H and O–H groups in total. The molecule has 0 aromatic heterocycles. The highest BCUT2D eigenvalue weighted by molar-refractivity contribution is 6.27. The zero-order valence-electron chi connectivity index (χ0n) is 10.6. The average molecular weight is 268 g/mol. The molecule has 1 aliphatic heterocycles. The van der Waals surface area contributed by atoms with Crippen molar-refractivity contribution >= 4 is 17.5 Å². The molecule has 1 aliphatic rings. The lowest BCUT2D eigenvalue weighted by Crippen LogP contribution is -2.38. The molecule has 0 spiro atoms. The highest BCUT2D eigenvalue weighted by Crippen LogP contribution is 2.33. The fourth-order valence-electron chi connectivity index (χ4n) is 2.53. The van der Waals surface area contributed by atoms with E-state index in [0.717, 1.165) is 31.7 Å². The van der Waals surface area contributed by atoms with Crippen LogP contribution in [0.5, 0.6) is 5.75 Å². The van der Waals surface area contributed by atoms with E-state index < -0.39 is 0 Å². The van der Waals surface area contributed by atoms with Crippen molar-refractivity contribution in [2.45, 2.75) is 18.8 Å². The van der Waals surface area contributed by atoms with Gasteiger partial charge in [0.2, 0.25) is 5.91 Å². The van der Waals surface area contributed by atoms with Gasteiger partial charge in [0.25, 0.3) is 0 Å². The number of rotatable bonds is 3. The SMILES string of the molecule is COc1ccccc1C1CCN(C(=O)CCl)CC1. The van der Waals surface area contributed by atoms with Crippen molar-refractivity contribution in [1.29, 1.82) is 0 Å². The number of piperidine rings is 1. The number of hydrogen-bond donors (Lipinski definition) is 0. The minimum Gasteiger partial charge on any atom is -0.496 e. The van der Waals surface area contributed by atoms with Crippen molar-refractivity contribution in [3.63, 3.8) is 0 Å². The van der Waals surface area contributed by atoms with Crippen LogP contribution in [-0.4, -0.2) is 36.9 Å². The van der Waals surface area contributed by atoms with Crippen LogP contribution in [0.2, 0.25) is 0 Å². The number of carbonyl (C=O) groups excluding carboxylic acids is 1. The van der Waals surface area contributed by atoms with E-state index in [1.54, 1.807) is 7.11 Å². The smallest absolute Gasteiger partial charge is 0.237 e. The number of likely N-dealkylation sites (tertiary alicyclic amines) is 1. The van der Waals surface area contributed by atoms with Crippen LogP contribution in [0.15, 0.2) is 24.3 Å². The van der Waals surface area contributed by atoms with Crippen molar-refractivity contribution in [2.24, 2.45) is 0 Å². The Kier molecular flexibility index (Phi) is 4.48. The Labute approximate surface area is 113 Å². The highest BCUT2D eigenvalue weighted by Gasteiger charge is 2.24. The summed E-state index contributed by atoms with van der Waals surface area (Å²) in [5.74, 6) is 1.54. The van der Waals surface area contributed by atoms with E-state index in [9.17, 15) is 4.79 Å². The van der Waals surface area contributed by atoms with Crippen LogP contribution in [0.4, 0.5) is 0 Å². The van der Waals surface area contributed by atoms with Gasteiger partial charge in [-0.1, -0.05) is 18.2 Å². The standard InChI is InChI=1S/C14H18ClNO2/c1-18-13-5-3-2-4-12(13)11-6-8-16(9-7-11)14(17)10-15/h2-5,11H,6-10H2,1H3. The number of para-hydroxylation sites is 1. The molecule has 0 bridgehead atoms. The number of hydrogen-bond acceptors (Lipinski definition) is 2. The molecule has 18 heavy (non-hydrogen) atoms. The van der Waals surface area contributed by atoms with Crippen LogP contribution in [0, 0.1) is 0 Å². The first-order chi connectivity index (χ1) is 8.76. The minimum atomic E-state index is 0.0372. The van der Waals surface area contributed by atoms with Crippen LogP contribution >= 0.6 is 11.6 Å². The average Bonchev–Trinajstić information content (AvgIpc) is 2.46. The maximum Gasteiger partial charge on any atom is 0.237 e. The Morgan fingerprint density at radius 3 is 2.67 bits per heavy atom. The Hall–Kier alpha value is -1.22. The highest BCUT2D eigenvalue weighted by atomic mass is 35.5. The van der Waals surface area contributed by atoms with Gasteiger partial charge in [0.05, 0.1) is 7.11 Å². The van der Waals surface area contributed by atoms with E-state index in [-0.39, 0.29) is 11.8 Å². The van der Waals surface area contributed by atoms with Crippen molar-refractivity contribution < 1.29 is 9.53 Å². The summed E-state index contributed by atoms with van der Waals surface area (Å²) >= 11 is 5.58. The fraction of sp³-hybridized carbons (Fsp3) is 0.500. The van der Waals surface area contributed by atoms with E-state index in [4.69, 9.17) is 16.3 Å². The molecule has 0 aliphatic carbocycles. The van der Waals surface area contributed by atoms with Gasteiger partial charge < -0.3 is 9.64 Å².